The Morgan fingerprint density at radius 1 is 1.37 bits per heavy atom. The number of hydrogen-bond acceptors (Lipinski definition) is 7. The molecule has 27 heavy (non-hydrogen) atoms. The molecular formula is C19H19N3O5. The van der Waals surface area contributed by atoms with E-state index in [4.69, 9.17) is 19.9 Å². The third-order valence-electron chi connectivity index (χ3n) is 4.83. The first-order valence-electron chi connectivity index (χ1n) is 8.24. The van der Waals surface area contributed by atoms with Gasteiger partial charge in [-0.05, 0) is 13.0 Å². The highest BCUT2D eigenvalue weighted by Crippen LogP contribution is 2.53. The Bertz CT molecular complexity index is 928. The molecule has 1 amide bonds. The fourth-order valence-corrected chi connectivity index (χ4v) is 3.52. The average molecular weight is 369 g/mol. The van der Waals surface area contributed by atoms with Gasteiger partial charge in [0.1, 0.15) is 24.0 Å². The number of esters is 1. The molecule has 3 rings (SSSR count). The lowest BCUT2D eigenvalue weighted by molar-refractivity contribution is -0.142. The molecule has 1 spiro atoms. The maximum Gasteiger partial charge on any atom is 0.337 e. The molecule has 1 aromatic carbocycles. The normalized spacial score (nSPS) is 21.3. The van der Waals surface area contributed by atoms with Crippen molar-refractivity contribution in [3.05, 3.63) is 52.6 Å². The maximum absolute atomic E-state index is 13.4. The zero-order chi connectivity index (χ0) is 19.8. The smallest absolute Gasteiger partial charge is 0.337 e. The lowest BCUT2D eigenvalue weighted by atomic mass is 9.68. The van der Waals surface area contributed by atoms with Crippen LogP contribution in [-0.2, 0) is 24.5 Å². The fourth-order valence-electron chi connectivity index (χ4n) is 3.52. The Morgan fingerprint density at radius 3 is 2.74 bits per heavy atom. The van der Waals surface area contributed by atoms with E-state index in [2.05, 4.69) is 0 Å². The molecule has 0 saturated carbocycles. The Kier molecular flexibility index (Phi) is 4.64. The van der Waals surface area contributed by atoms with Crippen molar-refractivity contribution in [3.8, 4) is 11.8 Å². The van der Waals surface area contributed by atoms with Crippen LogP contribution < -0.4 is 10.5 Å². The van der Waals surface area contributed by atoms with E-state index in [-0.39, 0.29) is 30.2 Å². The summed E-state index contributed by atoms with van der Waals surface area (Å²) in [5.41, 5.74) is 4.96. The van der Waals surface area contributed by atoms with E-state index in [9.17, 15) is 14.9 Å². The zero-order valence-corrected chi connectivity index (χ0v) is 15.2. The van der Waals surface area contributed by atoms with E-state index < -0.39 is 17.3 Å². The number of methoxy groups -OCH3 is 1. The van der Waals surface area contributed by atoms with Crippen molar-refractivity contribution in [2.24, 2.45) is 5.73 Å². The largest absolute Gasteiger partial charge is 0.460 e. The van der Waals surface area contributed by atoms with E-state index in [0.29, 0.717) is 17.0 Å². The highest BCUT2D eigenvalue weighted by atomic mass is 16.6. The minimum atomic E-state index is -1.70. The highest BCUT2D eigenvalue weighted by Gasteiger charge is 2.61. The van der Waals surface area contributed by atoms with Crippen LogP contribution in [0, 0.1) is 11.3 Å². The van der Waals surface area contributed by atoms with Gasteiger partial charge in [0.2, 0.25) is 11.8 Å². The van der Waals surface area contributed by atoms with Gasteiger partial charge in [0.25, 0.3) is 0 Å². The van der Waals surface area contributed by atoms with Gasteiger partial charge in [0.05, 0.1) is 12.2 Å². The molecule has 2 heterocycles. The molecule has 0 bridgehead atoms. The lowest BCUT2D eigenvalue weighted by Gasteiger charge is -2.34. The summed E-state index contributed by atoms with van der Waals surface area (Å²) in [5, 5.41) is 9.78. The van der Waals surface area contributed by atoms with E-state index >= 15 is 0 Å². The molecule has 140 valence electrons. The second-order valence-corrected chi connectivity index (χ2v) is 6.15. The number of carbonyl (C=O) groups excluding carboxylic acids is 2. The molecule has 8 heteroatoms. The molecule has 1 aromatic rings. The summed E-state index contributed by atoms with van der Waals surface area (Å²) in [5.74, 6) is -1.07. The van der Waals surface area contributed by atoms with Crippen LogP contribution in [0.2, 0.25) is 0 Å². The molecule has 2 aliphatic heterocycles. The third-order valence-corrected chi connectivity index (χ3v) is 4.83. The molecule has 1 unspecified atom stereocenters. The molecule has 0 saturated heterocycles. The Morgan fingerprint density at radius 2 is 2.07 bits per heavy atom. The number of benzene rings is 1. The number of nitrogens with two attached hydrogens (primary N) is 1. The number of rotatable bonds is 4. The first-order chi connectivity index (χ1) is 12.9. The van der Waals surface area contributed by atoms with E-state index in [0.717, 1.165) is 0 Å². The number of ether oxygens (including phenoxy) is 3. The van der Waals surface area contributed by atoms with Crippen LogP contribution in [0.3, 0.4) is 0 Å². The SMILES string of the molecule is COCCOC(=O)C1=C(C)N(C)C(=O)C12C(C#N)=C(N)Oc1ccccc12. The van der Waals surface area contributed by atoms with Gasteiger partial charge in [-0.2, -0.15) is 5.26 Å². The first kappa shape index (κ1) is 18.5. The van der Waals surface area contributed by atoms with Gasteiger partial charge < -0.3 is 24.8 Å². The van der Waals surface area contributed by atoms with Gasteiger partial charge >= 0.3 is 5.97 Å². The van der Waals surface area contributed by atoms with Crippen molar-refractivity contribution in [2.75, 3.05) is 27.4 Å². The van der Waals surface area contributed by atoms with Gasteiger partial charge in [-0.25, -0.2) is 4.79 Å². The van der Waals surface area contributed by atoms with Gasteiger partial charge in [0.15, 0.2) is 5.41 Å². The van der Waals surface area contributed by atoms with E-state index in [1.807, 2.05) is 6.07 Å². The molecule has 1 atom stereocenters. The Labute approximate surface area is 156 Å². The van der Waals surface area contributed by atoms with Crippen LogP contribution in [0.15, 0.2) is 47.0 Å². The maximum atomic E-state index is 13.4. The molecule has 2 aliphatic rings. The van der Waals surface area contributed by atoms with Crippen LogP contribution in [0.1, 0.15) is 12.5 Å². The quantitative estimate of drug-likeness (QED) is 0.620. The summed E-state index contributed by atoms with van der Waals surface area (Å²) in [6.07, 6.45) is 0. The van der Waals surface area contributed by atoms with Crippen molar-refractivity contribution in [1.29, 1.82) is 5.26 Å². The molecule has 0 fully saturated rings. The molecule has 8 nitrogen and oxygen atoms in total. The molecular weight excluding hydrogens is 350 g/mol. The second kappa shape index (κ2) is 6.78. The minimum Gasteiger partial charge on any atom is -0.460 e. The predicted octanol–water partition coefficient (Wildman–Crippen LogP) is 0.946. The number of fused-ring (bicyclic) bond motifs is 2. The predicted molar refractivity (Wildman–Crippen MR) is 93.9 cm³/mol. The van der Waals surface area contributed by atoms with Crippen molar-refractivity contribution < 1.29 is 23.8 Å². The topological polar surface area (TPSA) is 115 Å². The van der Waals surface area contributed by atoms with Crippen LogP contribution >= 0.6 is 0 Å². The van der Waals surface area contributed by atoms with Crippen LogP contribution in [0.5, 0.6) is 5.75 Å². The number of nitriles is 1. The number of hydrogen-bond donors (Lipinski definition) is 1. The standard InChI is InChI=1S/C19H19N3O5/c1-11-15(17(23)26-9-8-25-3)19(18(24)22(11)2)12-6-4-5-7-14(12)27-16(21)13(19)10-20/h4-7H,8-9,21H2,1-3H3. The van der Waals surface area contributed by atoms with E-state index in [1.54, 1.807) is 31.2 Å². The molecule has 0 aliphatic carbocycles. The van der Waals surface area contributed by atoms with Gasteiger partial charge in [-0.1, -0.05) is 18.2 Å². The summed E-state index contributed by atoms with van der Waals surface area (Å²) in [7, 11) is 3.02. The van der Waals surface area contributed by atoms with Crippen LogP contribution in [-0.4, -0.2) is 44.1 Å². The van der Waals surface area contributed by atoms with Gasteiger partial charge in [0, 0.05) is 25.4 Å². The number of likely N-dealkylation sites (N-methyl/N-ethyl adjacent to an activating group) is 1. The van der Waals surface area contributed by atoms with Crippen LogP contribution in [0.25, 0.3) is 0 Å². The summed E-state index contributed by atoms with van der Waals surface area (Å²) in [4.78, 5) is 27.6. The molecule has 0 aromatic heterocycles. The summed E-state index contributed by atoms with van der Waals surface area (Å²) < 4.78 is 15.7. The molecule has 2 N–H and O–H groups in total. The van der Waals surface area contributed by atoms with Crippen molar-refractivity contribution in [3.63, 3.8) is 0 Å². The van der Waals surface area contributed by atoms with E-state index in [1.165, 1.54) is 19.1 Å². The lowest BCUT2D eigenvalue weighted by Crippen LogP contribution is -2.46. The number of amides is 1. The number of allylic oxidation sites excluding steroid dienone is 1. The van der Waals surface area contributed by atoms with Gasteiger partial charge in [-0.3, -0.25) is 4.79 Å². The second-order valence-electron chi connectivity index (χ2n) is 6.15. The zero-order valence-electron chi connectivity index (χ0n) is 15.2. The number of para-hydroxylation sites is 1. The summed E-state index contributed by atoms with van der Waals surface area (Å²) in [6, 6.07) is 8.66. The summed E-state index contributed by atoms with van der Waals surface area (Å²) in [6.45, 7) is 1.85. The van der Waals surface area contributed by atoms with Gasteiger partial charge in [-0.15, -0.1) is 0 Å². The van der Waals surface area contributed by atoms with Crippen molar-refractivity contribution >= 4 is 11.9 Å². The highest BCUT2D eigenvalue weighted by molar-refractivity contribution is 6.12. The first-order valence-corrected chi connectivity index (χ1v) is 8.24. The van der Waals surface area contributed by atoms with Crippen molar-refractivity contribution in [2.45, 2.75) is 12.3 Å². The summed E-state index contributed by atoms with van der Waals surface area (Å²) >= 11 is 0. The third kappa shape index (κ3) is 2.47. The fraction of sp³-hybridized carbons (Fsp3) is 0.316. The monoisotopic (exact) mass is 369 g/mol. The van der Waals surface area contributed by atoms with Crippen LogP contribution in [0.4, 0.5) is 0 Å². The number of nitrogens with zero attached hydrogens (tertiary/aromatic N) is 2. The molecule has 0 radical (unpaired) electrons. The number of carbonyl (C=O) groups is 2. The Balaban J connectivity index is 2.28. The Hall–Kier alpha value is -3.31. The average Bonchev–Trinajstić information content (AvgIpc) is 2.84. The van der Waals surface area contributed by atoms with Crippen molar-refractivity contribution in [1.82, 2.24) is 4.90 Å². The minimum absolute atomic E-state index is 0.0132.